The van der Waals surface area contributed by atoms with Gasteiger partial charge in [0, 0.05) is 18.5 Å². The number of carboxylic acid groups (broad SMARTS) is 1. The molecule has 0 radical (unpaired) electrons. The molecule has 0 spiro atoms. The van der Waals surface area contributed by atoms with Crippen molar-refractivity contribution < 1.29 is 23.9 Å². The van der Waals surface area contributed by atoms with Gasteiger partial charge in [-0.25, -0.2) is 4.79 Å². The number of quaternary nitrogens is 1. The Labute approximate surface area is 121 Å². The highest BCUT2D eigenvalue weighted by atomic mass is 16.5. The van der Waals surface area contributed by atoms with Crippen molar-refractivity contribution in [1.82, 2.24) is 0 Å². The molecular weight excluding hydrogens is 258 g/mol. The van der Waals surface area contributed by atoms with Crippen LogP contribution in [-0.2, 0) is 14.3 Å². The van der Waals surface area contributed by atoms with Gasteiger partial charge in [-0.15, -0.1) is 0 Å². The summed E-state index contributed by atoms with van der Waals surface area (Å²) in [6.45, 7) is 2.55. The lowest BCUT2D eigenvalue weighted by Crippen LogP contribution is -2.45. The normalized spacial score (nSPS) is 13.4. The van der Waals surface area contributed by atoms with Crippen molar-refractivity contribution in [3.63, 3.8) is 0 Å². The summed E-state index contributed by atoms with van der Waals surface area (Å²) >= 11 is 0. The van der Waals surface area contributed by atoms with Gasteiger partial charge in [0.2, 0.25) is 0 Å². The number of nitrogens with zero attached hydrogens (tertiary/aromatic N) is 1. The number of unbranched alkanes of at least 4 members (excludes halogenated alkanes) is 3. The maximum Gasteiger partial charge on any atom is 0.330 e. The van der Waals surface area contributed by atoms with Crippen LogP contribution in [0.25, 0.3) is 0 Å². The number of carboxylic acids is 1. The van der Waals surface area contributed by atoms with Gasteiger partial charge in [0.25, 0.3) is 0 Å². The van der Waals surface area contributed by atoms with Gasteiger partial charge in [-0.1, -0.05) is 25.8 Å². The third kappa shape index (κ3) is 11.7. The third-order valence-corrected chi connectivity index (χ3v) is 2.66. The Morgan fingerprint density at radius 1 is 1.25 bits per heavy atom. The molecule has 0 aliphatic rings. The van der Waals surface area contributed by atoms with E-state index in [1.54, 1.807) is 6.08 Å². The topological polar surface area (TPSA) is 66.4 Å². The summed E-state index contributed by atoms with van der Waals surface area (Å²) in [5.74, 6) is -1.69. The quantitative estimate of drug-likeness (QED) is 0.259. The molecule has 0 bridgehead atoms. The summed E-state index contributed by atoms with van der Waals surface area (Å²) in [6.07, 6.45) is 6.38. The number of esters is 1. The van der Waals surface area contributed by atoms with E-state index in [0.29, 0.717) is 11.0 Å². The van der Waals surface area contributed by atoms with Crippen LogP contribution in [0.15, 0.2) is 12.2 Å². The summed E-state index contributed by atoms with van der Waals surface area (Å²) in [7, 11) is 5.74. The third-order valence-electron chi connectivity index (χ3n) is 2.66. The van der Waals surface area contributed by atoms with Crippen LogP contribution in [-0.4, -0.2) is 50.2 Å². The van der Waals surface area contributed by atoms with Gasteiger partial charge in [0.15, 0.2) is 6.10 Å². The summed E-state index contributed by atoms with van der Waals surface area (Å²) in [4.78, 5) is 22.3. The van der Waals surface area contributed by atoms with Crippen molar-refractivity contribution in [3.05, 3.63) is 12.2 Å². The minimum absolute atomic E-state index is 0.273. The molecule has 0 aliphatic heterocycles. The van der Waals surface area contributed by atoms with Crippen molar-refractivity contribution >= 4 is 11.9 Å². The van der Waals surface area contributed by atoms with Crippen molar-refractivity contribution in [2.75, 3.05) is 27.7 Å². The number of hydrogen-bond acceptors (Lipinski definition) is 4. The molecular formula is C15H27NO4. The van der Waals surface area contributed by atoms with E-state index in [1.807, 2.05) is 21.1 Å². The fourth-order valence-corrected chi connectivity index (χ4v) is 1.84. The number of likely N-dealkylation sites (N-methyl/N-ethyl adjacent to an activating group) is 1. The lowest BCUT2D eigenvalue weighted by Gasteiger charge is -2.29. The van der Waals surface area contributed by atoms with Crippen molar-refractivity contribution in [1.29, 1.82) is 0 Å². The zero-order valence-corrected chi connectivity index (χ0v) is 13.1. The average Bonchev–Trinajstić information content (AvgIpc) is 2.25. The highest BCUT2D eigenvalue weighted by Crippen LogP contribution is 2.06. The van der Waals surface area contributed by atoms with Gasteiger partial charge in [-0.2, -0.15) is 0 Å². The Morgan fingerprint density at radius 3 is 2.40 bits per heavy atom. The van der Waals surface area contributed by atoms with E-state index in [4.69, 9.17) is 4.74 Å². The number of allylic oxidation sites excluding steroid dienone is 1. The molecule has 0 saturated heterocycles. The highest BCUT2D eigenvalue weighted by Gasteiger charge is 2.21. The molecule has 0 saturated carbocycles. The van der Waals surface area contributed by atoms with Crippen LogP contribution >= 0.6 is 0 Å². The molecule has 0 N–H and O–H groups in total. The van der Waals surface area contributed by atoms with Crippen LogP contribution in [0.2, 0.25) is 0 Å². The monoisotopic (exact) mass is 285 g/mol. The van der Waals surface area contributed by atoms with Crippen molar-refractivity contribution in [2.45, 2.75) is 45.1 Å². The van der Waals surface area contributed by atoms with E-state index < -0.39 is 18.0 Å². The van der Waals surface area contributed by atoms with Crippen molar-refractivity contribution in [2.24, 2.45) is 0 Å². The summed E-state index contributed by atoms with van der Waals surface area (Å²) in [5, 5.41) is 10.7. The molecule has 0 rings (SSSR count). The second-order valence-corrected chi connectivity index (χ2v) is 6.01. The van der Waals surface area contributed by atoms with Crippen LogP contribution in [0.1, 0.15) is 39.0 Å². The van der Waals surface area contributed by atoms with E-state index in [-0.39, 0.29) is 6.42 Å². The predicted octanol–water partition coefficient (Wildman–Crippen LogP) is 0.881. The fourth-order valence-electron chi connectivity index (χ4n) is 1.84. The van der Waals surface area contributed by atoms with Gasteiger partial charge >= 0.3 is 5.97 Å². The smallest absolute Gasteiger partial charge is 0.330 e. The number of ether oxygens (including phenoxy) is 1. The first-order valence-electron chi connectivity index (χ1n) is 7.12. The molecule has 5 nitrogen and oxygen atoms in total. The fraction of sp³-hybridized carbons (Fsp3) is 0.733. The Kier molecular flexibility index (Phi) is 8.88. The van der Waals surface area contributed by atoms with Crippen LogP contribution in [0, 0.1) is 0 Å². The second kappa shape index (κ2) is 9.53. The summed E-state index contributed by atoms with van der Waals surface area (Å²) < 4.78 is 5.70. The van der Waals surface area contributed by atoms with Crippen LogP contribution in [0.4, 0.5) is 0 Å². The summed E-state index contributed by atoms with van der Waals surface area (Å²) in [6, 6.07) is 0. The SMILES string of the molecule is CCCCC/C=C/C(=O)O[C@@H](CC(=O)[O-])C[N+](C)(C)C. The first-order chi connectivity index (χ1) is 9.24. The maximum atomic E-state index is 11.6. The first kappa shape index (κ1) is 18.6. The molecule has 0 aromatic carbocycles. The van der Waals surface area contributed by atoms with Gasteiger partial charge in [-0.3, -0.25) is 0 Å². The largest absolute Gasteiger partial charge is 0.550 e. The molecule has 0 aliphatic carbocycles. The molecule has 5 heteroatoms. The molecule has 0 unspecified atom stereocenters. The molecule has 20 heavy (non-hydrogen) atoms. The number of aliphatic carboxylic acids is 1. The zero-order chi connectivity index (χ0) is 15.6. The maximum absolute atomic E-state index is 11.6. The Bertz CT molecular complexity index is 331. The Hall–Kier alpha value is -1.36. The summed E-state index contributed by atoms with van der Waals surface area (Å²) in [5.41, 5.74) is 0. The molecule has 0 amide bonds. The van der Waals surface area contributed by atoms with E-state index in [1.165, 1.54) is 6.08 Å². The average molecular weight is 285 g/mol. The van der Waals surface area contributed by atoms with E-state index >= 15 is 0 Å². The van der Waals surface area contributed by atoms with Crippen LogP contribution in [0.5, 0.6) is 0 Å². The number of rotatable bonds is 10. The van der Waals surface area contributed by atoms with Gasteiger partial charge in [0.1, 0.15) is 6.54 Å². The van der Waals surface area contributed by atoms with Gasteiger partial charge < -0.3 is 19.1 Å². The minimum atomic E-state index is -1.21. The zero-order valence-electron chi connectivity index (χ0n) is 13.1. The second-order valence-electron chi connectivity index (χ2n) is 6.01. The number of carbonyl (C=O) groups excluding carboxylic acids is 2. The lowest BCUT2D eigenvalue weighted by molar-refractivity contribution is -0.873. The Balaban J connectivity index is 4.27. The van der Waals surface area contributed by atoms with E-state index in [0.717, 1.165) is 25.7 Å². The van der Waals surface area contributed by atoms with Gasteiger partial charge in [0.05, 0.1) is 21.1 Å². The highest BCUT2D eigenvalue weighted by molar-refractivity contribution is 5.82. The van der Waals surface area contributed by atoms with Crippen molar-refractivity contribution in [3.8, 4) is 0 Å². The Morgan fingerprint density at radius 2 is 1.90 bits per heavy atom. The predicted molar refractivity (Wildman–Crippen MR) is 75.7 cm³/mol. The number of carbonyl (C=O) groups is 2. The standard InChI is InChI=1S/C15H27NO4/c1-5-6-7-8-9-10-15(19)20-13(11-14(17)18)12-16(2,3)4/h9-10,13H,5-8,11-12H2,1-4H3/b10-9+/t13-/m0/s1. The lowest BCUT2D eigenvalue weighted by atomic mass is 10.2. The van der Waals surface area contributed by atoms with E-state index in [2.05, 4.69) is 6.92 Å². The van der Waals surface area contributed by atoms with Crippen LogP contribution in [0.3, 0.4) is 0 Å². The number of hydrogen-bond donors (Lipinski definition) is 0. The van der Waals surface area contributed by atoms with Crippen LogP contribution < -0.4 is 5.11 Å². The molecule has 1 atom stereocenters. The molecule has 0 heterocycles. The molecule has 0 aromatic rings. The first-order valence-corrected chi connectivity index (χ1v) is 7.12. The van der Waals surface area contributed by atoms with E-state index in [9.17, 15) is 14.7 Å². The minimum Gasteiger partial charge on any atom is -0.550 e. The van der Waals surface area contributed by atoms with Gasteiger partial charge in [-0.05, 0) is 12.8 Å². The molecule has 0 aromatic heterocycles. The molecule has 0 fully saturated rings. The molecule has 116 valence electrons.